The highest BCUT2D eigenvalue weighted by atomic mass is 28.4. The second-order valence-corrected chi connectivity index (χ2v) is 14.6. The van der Waals surface area contributed by atoms with Crippen LogP contribution in [0.25, 0.3) is 0 Å². The van der Waals surface area contributed by atoms with Crippen LogP contribution in [0.5, 0.6) is 0 Å². The summed E-state index contributed by atoms with van der Waals surface area (Å²) >= 11 is 0. The molecule has 1 amide bonds. The lowest BCUT2D eigenvalue weighted by molar-refractivity contribution is 0.0783. The van der Waals surface area contributed by atoms with Crippen LogP contribution in [0, 0.1) is 0 Å². The Kier molecular flexibility index (Phi) is 3.48. The molecule has 0 aromatic heterocycles. The third-order valence-electron chi connectivity index (χ3n) is 3.00. The number of amides is 1. The van der Waals surface area contributed by atoms with E-state index in [4.69, 9.17) is 4.12 Å². The van der Waals surface area contributed by atoms with E-state index < -0.39 is 16.6 Å². The van der Waals surface area contributed by atoms with Gasteiger partial charge in [-0.25, -0.2) is 0 Å². The molecular weight excluding hydrogens is 258 g/mol. The molecule has 1 heterocycles. The van der Waals surface area contributed by atoms with Gasteiger partial charge in [-0.1, -0.05) is 18.2 Å². The number of hydrogen-bond acceptors (Lipinski definition) is 2. The summed E-state index contributed by atoms with van der Waals surface area (Å²) in [7, 11) is -3.44. The van der Waals surface area contributed by atoms with Gasteiger partial charge in [0.25, 0.3) is 5.91 Å². The third kappa shape index (κ3) is 3.10. The van der Waals surface area contributed by atoms with Crippen LogP contribution >= 0.6 is 0 Å². The minimum Gasteiger partial charge on any atom is -0.453 e. The summed E-state index contributed by atoms with van der Waals surface area (Å²) in [6, 6.07) is 9.55. The molecule has 0 spiro atoms. The van der Waals surface area contributed by atoms with Crippen LogP contribution < -0.4 is 0 Å². The Morgan fingerprint density at radius 1 is 1.06 bits per heavy atom. The van der Waals surface area contributed by atoms with Crippen molar-refractivity contribution in [3.05, 3.63) is 35.9 Å². The molecule has 0 aliphatic carbocycles. The van der Waals surface area contributed by atoms with Gasteiger partial charge in [0.1, 0.15) is 0 Å². The van der Waals surface area contributed by atoms with Gasteiger partial charge in [0, 0.05) is 17.9 Å². The summed E-state index contributed by atoms with van der Waals surface area (Å²) in [6.07, 6.45) is 1.61. The van der Waals surface area contributed by atoms with Gasteiger partial charge < -0.3 is 9.02 Å². The Balaban J connectivity index is 2.21. The molecule has 1 saturated heterocycles. The van der Waals surface area contributed by atoms with Gasteiger partial charge in [-0.3, -0.25) is 4.79 Å². The maximum atomic E-state index is 12.5. The SMILES string of the molecule is C[Si]1(C)CN(C(=O)c2ccccc2)C[Si](C)(C)O1. The Bertz CT molecular complexity index is 430. The molecule has 1 aliphatic rings. The minimum atomic E-state index is -1.72. The van der Waals surface area contributed by atoms with Gasteiger partial charge in [0.15, 0.2) is 16.6 Å². The zero-order valence-electron chi connectivity index (χ0n) is 11.6. The molecule has 5 heteroatoms. The summed E-state index contributed by atoms with van der Waals surface area (Å²) in [5, 5.41) is 0. The molecule has 0 bridgehead atoms. The van der Waals surface area contributed by atoms with Gasteiger partial charge in [0.05, 0.1) is 0 Å². The van der Waals surface area contributed by atoms with Crippen LogP contribution in [0.2, 0.25) is 26.2 Å². The van der Waals surface area contributed by atoms with E-state index in [1.807, 2.05) is 35.2 Å². The highest BCUT2D eigenvalue weighted by Gasteiger charge is 2.42. The number of rotatable bonds is 1. The van der Waals surface area contributed by atoms with Crippen molar-refractivity contribution < 1.29 is 8.91 Å². The van der Waals surface area contributed by atoms with Gasteiger partial charge >= 0.3 is 0 Å². The lowest BCUT2D eigenvalue weighted by Gasteiger charge is -2.45. The Morgan fingerprint density at radius 2 is 1.56 bits per heavy atom. The molecule has 2 rings (SSSR count). The standard InChI is InChI=1S/C13H21NO2Si2/c1-17(2)10-14(11-18(3,4)16-17)13(15)12-8-6-5-7-9-12/h5-9H,10-11H2,1-4H3. The Morgan fingerprint density at radius 3 is 2.06 bits per heavy atom. The van der Waals surface area contributed by atoms with Gasteiger partial charge in [-0.2, -0.15) is 0 Å². The predicted molar refractivity (Wildman–Crippen MR) is 78.4 cm³/mol. The van der Waals surface area contributed by atoms with Crippen LogP contribution in [0.3, 0.4) is 0 Å². The fourth-order valence-corrected chi connectivity index (χ4v) is 11.8. The Labute approximate surface area is 111 Å². The van der Waals surface area contributed by atoms with Gasteiger partial charge in [0.2, 0.25) is 0 Å². The molecule has 0 radical (unpaired) electrons. The fourth-order valence-electron chi connectivity index (χ4n) is 2.69. The minimum absolute atomic E-state index is 0.153. The molecule has 98 valence electrons. The first kappa shape index (κ1) is 13.5. The number of benzene rings is 1. The van der Waals surface area contributed by atoms with E-state index in [2.05, 4.69) is 26.2 Å². The molecule has 1 aromatic rings. The quantitative estimate of drug-likeness (QED) is 0.740. The molecule has 3 nitrogen and oxygen atoms in total. The maximum absolute atomic E-state index is 12.5. The van der Waals surface area contributed by atoms with Crippen LogP contribution in [0.1, 0.15) is 10.4 Å². The first-order chi connectivity index (χ1) is 8.29. The highest BCUT2D eigenvalue weighted by molar-refractivity contribution is 6.86. The van der Waals surface area contributed by atoms with E-state index in [9.17, 15) is 4.79 Å². The van der Waals surface area contributed by atoms with E-state index >= 15 is 0 Å². The first-order valence-corrected chi connectivity index (χ1v) is 12.6. The summed E-state index contributed by atoms with van der Waals surface area (Å²) in [4.78, 5) is 14.5. The lowest BCUT2D eigenvalue weighted by Crippen LogP contribution is -2.64. The predicted octanol–water partition coefficient (Wildman–Crippen LogP) is 2.65. The normalized spacial score (nSPS) is 21.7. The third-order valence-corrected chi connectivity index (χ3v) is 9.71. The van der Waals surface area contributed by atoms with E-state index in [1.54, 1.807) is 0 Å². The van der Waals surface area contributed by atoms with Crippen molar-refractivity contribution in [3.8, 4) is 0 Å². The van der Waals surface area contributed by atoms with E-state index in [0.717, 1.165) is 17.9 Å². The number of carbonyl (C=O) groups excluding carboxylic acids is 1. The van der Waals surface area contributed by atoms with Crippen molar-refractivity contribution in [2.24, 2.45) is 0 Å². The second-order valence-electron chi connectivity index (χ2n) is 6.15. The van der Waals surface area contributed by atoms with Crippen molar-refractivity contribution in [1.29, 1.82) is 0 Å². The molecule has 1 aromatic carbocycles. The molecule has 1 aliphatic heterocycles. The van der Waals surface area contributed by atoms with Crippen molar-refractivity contribution in [2.75, 3.05) is 12.3 Å². The zero-order valence-corrected chi connectivity index (χ0v) is 13.6. The monoisotopic (exact) mass is 279 g/mol. The second kappa shape index (κ2) is 4.64. The molecule has 0 saturated carbocycles. The fraction of sp³-hybridized carbons (Fsp3) is 0.462. The molecule has 0 N–H and O–H groups in total. The molecular formula is C13H21NO2Si2. The van der Waals surface area contributed by atoms with Crippen LogP contribution in [-0.4, -0.2) is 39.8 Å². The topological polar surface area (TPSA) is 29.5 Å². The number of hydrogen-bond donors (Lipinski definition) is 0. The molecule has 18 heavy (non-hydrogen) atoms. The maximum Gasteiger partial charge on any atom is 0.253 e. The smallest absolute Gasteiger partial charge is 0.253 e. The summed E-state index contributed by atoms with van der Waals surface area (Å²) < 4.78 is 6.26. The summed E-state index contributed by atoms with van der Waals surface area (Å²) in [5.41, 5.74) is 0.786. The number of nitrogens with zero attached hydrogens (tertiary/aromatic N) is 1. The average Bonchev–Trinajstić information content (AvgIpc) is 2.25. The van der Waals surface area contributed by atoms with Crippen LogP contribution in [0.4, 0.5) is 0 Å². The first-order valence-electron chi connectivity index (χ1n) is 6.34. The van der Waals surface area contributed by atoms with Crippen molar-refractivity contribution in [3.63, 3.8) is 0 Å². The van der Waals surface area contributed by atoms with Crippen molar-refractivity contribution in [1.82, 2.24) is 4.90 Å². The largest absolute Gasteiger partial charge is 0.453 e. The average molecular weight is 279 g/mol. The Hall–Kier alpha value is -0.916. The lowest BCUT2D eigenvalue weighted by atomic mass is 10.2. The molecule has 1 fully saturated rings. The van der Waals surface area contributed by atoms with Crippen molar-refractivity contribution >= 4 is 22.5 Å². The summed E-state index contributed by atoms with van der Waals surface area (Å²) in [5.74, 6) is 0.153. The van der Waals surface area contributed by atoms with E-state index in [1.165, 1.54) is 0 Å². The zero-order chi connectivity index (χ0) is 13.4. The van der Waals surface area contributed by atoms with E-state index in [-0.39, 0.29) is 5.91 Å². The highest BCUT2D eigenvalue weighted by Crippen LogP contribution is 2.23. The summed E-state index contributed by atoms with van der Waals surface area (Å²) in [6.45, 7) is 8.80. The van der Waals surface area contributed by atoms with Crippen molar-refractivity contribution in [2.45, 2.75) is 26.2 Å². The molecule has 0 atom stereocenters. The van der Waals surface area contributed by atoms with E-state index in [0.29, 0.717) is 0 Å². The van der Waals surface area contributed by atoms with Gasteiger partial charge in [-0.15, -0.1) is 0 Å². The van der Waals surface area contributed by atoms with Crippen LogP contribution in [-0.2, 0) is 4.12 Å². The van der Waals surface area contributed by atoms with Crippen LogP contribution in [0.15, 0.2) is 30.3 Å². The number of carbonyl (C=O) groups is 1. The van der Waals surface area contributed by atoms with Gasteiger partial charge in [-0.05, 0) is 38.3 Å². The molecule has 0 unspecified atom stereocenters.